The molecule has 0 aromatic rings. The van der Waals surface area contributed by atoms with Gasteiger partial charge >= 0.3 is 11.9 Å². The minimum Gasteiger partial charge on any atom is -0.481 e. The number of carbonyl (C=O) groups is 2. The number of aliphatic carboxylic acids is 2. The maximum Gasteiger partial charge on any atom is 0.314 e. The van der Waals surface area contributed by atoms with Crippen LogP contribution in [-0.4, -0.2) is 60.9 Å². The smallest absolute Gasteiger partial charge is 0.314 e. The summed E-state index contributed by atoms with van der Waals surface area (Å²) in [5.74, 6) is -2.40. The first-order valence-electron chi connectivity index (χ1n) is 9.17. The molecule has 0 radical (unpaired) electrons. The Morgan fingerprint density at radius 3 is 2.32 bits per heavy atom. The predicted molar refractivity (Wildman–Crippen MR) is 90.1 cm³/mol. The number of carboxylic acid groups (broad SMARTS) is 2. The van der Waals surface area contributed by atoms with Gasteiger partial charge in [0.15, 0.2) is 0 Å². The third-order valence-electron chi connectivity index (χ3n) is 5.13. The van der Waals surface area contributed by atoms with Gasteiger partial charge in [0.1, 0.15) is 17.9 Å². The summed E-state index contributed by atoms with van der Waals surface area (Å²) in [4.78, 5) is 23.7. The van der Waals surface area contributed by atoms with Crippen LogP contribution in [0.3, 0.4) is 0 Å². The molecular formula is C17H30N2O6. The molecular weight excluding hydrogens is 328 g/mol. The van der Waals surface area contributed by atoms with Crippen LogP contribution in [0.25, 0.3) is 0 Å². The highest BCUT2D eigenvalue weighted by molar-refractivity contribution is 5.76. The Morgan fingerprint density at radius 2 is 1.84 bits per heavy atom. The van der Waals surface area contributed by atoms with Gasteiger partial charge in [0.2, 0.25) is 0 Å². The van der Waals surface area contributed by atoms with Crippen molar-refractivity contribution in [3.8, 4) is 0 Å². The van der Waals surface area contributed by atoms with E-state index < -0.39 is 35.7 Å². The Kier molecular flexibility index (Phi) is 7.61. The molecule has 0 bridgehead atoms. The monoisotopic (exact) mass is 358 g/mol. The lowest BCUT2D eigenvalue weighted by Crippen LogP contribution is -2.62. The molecule has 144 valence electrons. The summed E-state index contributed by atoms with van der Waals surface area (Å²) in [6.45, 7) is 4.40. The van der Waals surface area contributed by atoms with E-state index >= 15 is 0 Å². The molecule has 0 aromatic heterocycles. The second-order valence-electron chi connectivity index (χ2n) is 6.79. The minimum atomic E-state index is -1.24. The molecule has 0 aliphatic carbocycles. The Bertz CT molecular complexity index is 448. The lowest BCUT2D eigenvalue weighted by molar-refractivity contribution is -0.192. The molecule has 4 atom stereocenters. The zero-order valence-corrected chi connectivity index (χ0v) is 14.8. The van der Waals surface area contributed by atoms with Crippen molar-refractivity contribution in [1.82, 2.24) is 10.6 Å². The van der Waals surface area contributed by atoms with Gasteiger partial charge in [-0.2, -0.15) is 0 Å². The van der Waals surface area contributed by atoms with Gasteiger partial charge in [0, 0.05) is 25.6 Å². The molecule has 8 nitrogen and oxygen atoms in total. The summed E-state index contributed by atoms with van der Waals surface area (Å²) in [6, 6.07) is 0. The van der Waals surface area contributed by atoms with Crippen molar-refractivity contribution < 1.29 is 29.3 Å². The predicted octanol–water partition coefficient (Wildman–Crippen LogP) is 1.01. The number of nitrogens with one attached hydrogen (secondary N) is 2. The lowest BCUT2D eigenvalue weighted by atomic mass is 9.67. The average molecular weight is 358 g/mol. The minimum absolute atomic E-state index is 0.0995. The molecule has 2 heterocycles. The van der Waals surface area contributed by atoms with Gasteiger partial charge in [-0.05, 0) is 38.8 Å². The van der Waals surface area contributed by atoms with E-state index in [0.717, 1.165) is 19.4 Å². The van der Waals surface area contributed by atoms with Crippen LogP contribution in [0.15, 0.2) is 0 Å². The van der Waals surface area contributed by atoms with E-state index in [-0.39, 0.29) is 12.8 Å². The van der Waals surface area contributed by atoms with Gasteiger partial charge in [0.05, 0.1) is 0 Å². The molecule has 2 aliphatic heterocycles. The largest absolute Gasteiger partial charge is 0.481 e. The molecule has 2 saturated heterocycles. The quantitative estimate of drug-likeness (QED) is 0.482. The third kappa shape index (κ3) is 4.69. The number of ether oxygens (including phenoxy) is 2. The molecule has 4 N–H and O–H groups in total. The van der Waals surface area contributed by atoms with Crippen molar-refractivity contribution in [2.24, 2.45) is 11.3 Å². The first kappa shape index (κ1) is 20.1. The van der Waals surface area contributed by atoms with Gasteiger partial charge in [-0.1, -0.05) is 13.3 Å². The van der Waals surface area contributed by atoms with E-state index in [1.54, 1.807) is 0 Å². The van der Waals surface area contributed by atoms with Gasteiger partial charge in [-0.3, -0.25) is 20.2 Å². The number of hydrogen-bond donors (Lipinski definition) is 4. The van der Waals surface area contributed by atoms with Gasteiger partial charge in [-0.25, -0.2) is 0 Å². The summed E-state index contributed by atoms with van der Waals surface area (Å²) in [7, 11) is 0. The van der Waals surface area contributed by atoms with Gasteiger partial charge < -0.3 is 19.7 Å². The van der Waals surface area contributed by atoms with Gasteiger partial charge in [0.25, 0.3) is 0 Å². The zero-order valence-electron chi connectivity index (χ0n) is 14.8. The Morgan fingerprint density at radius 1 is 1.16 bits per heavy atom. The van der Waals surface area contributed by atoms with Crippen molar-refractivity contribution in [2.75, 3.05) is 26.3 Å². The Hall–Kier alpha value is -1.22. The fourth-order valence-corrected chi connectivity index (χ4v) is 4.00. The molecule has 2 rings (SSSR count). The lowest BCUT2D eigenvalue weighted by Gasteiger charge is -2.47. The summed E-state index contributed by atoms with van der Waals surface area (Å²) >= 11 is 0. The second-order valence-corrected chi connectivity index (χ2v) is 6.79. The maximum atomic E-state index is 12.5. The normalized spacial score (nSPS) is 28.0. The van der Waals surface area contributed by atoms with Gasteiger partial charge in [-0.15, -0.1) is 0 Å². The van der Waals surface area contributed by atoms with Crippen molar-refractivity contribution >= 4 is 11.9 Å². The van der Waals surface area contributed by atoms with Crippen molar-refractivity contribution in [2.45, 2.75) is 57.9 Å². The first-order chi connectivity index (χ1) is 12.0. The second kappa shape index (κ2) is 9.47. The zero-order chi connectivity index (χ0) is 18.3. The number of hydrogen-bond acceptors (Lipinski definition) is 6. The molecule has 2 fully saturated rings. The summed E-state index contributed by atoms with van der Waals surface area (Å²) in [6.07, 6.45) is 1.73. The first-order valence-corrected chi connectivity index (χ1v) is 9.17. The molecule has 0 amide bonds. The topological polar surface area (TPSA) is 117 Å². The van der Waals surface area contributed by atoms with Crippen LogP contribution >= 0.6 is 0 Å². The van der Waals surface area contributed by atoms with Crippen molar-refractivity contribution in [1.29, 1.82) is 0 Å². The average Bonchev–Trinajstić information content (AvgIpc) is 2.62. The molecule has 0 spiro atoms. The van der Waals surface area contributed by atoms with E-state index in [4.69, 9.17) is 14.6 Å². The van der Waals surface area contributed by atoms with E-state index in [9.17, 15) is 14.7 Å². The highest BCUT2D eigenvalue weighted by atomic mass is 16.5. The fraction of sp³-hybridized carbons (Fsp3) is 0.882. The van der Waals surface area contributed by atoms with Crippen LogP contribution in [0.1, 0.15) is 45.4 Å². The highest BCUT2D eigenvalue weighted by Gasteiger charge is 2.55. The fourth-order valence-electron chi connectivity index (χ4n) is 4.00. The summed E-state index contributed by atoms with van der Waals surface area (Å²) in [5.41, 5.74) is -1.24. The summed E-state index contributed by atoms with van der Waals surface area (Å²) in [5, 5.41) is 25.8. The van der Waals surface area contributed by atoms with Crippen LogP contribution < -0.4 is 10.6 Å². The van der Waals surface area contributed by atoms with E-state index in [1.165, 1.54) is 0 Å². The summed E-state index contributed by atoms with van der Waals surface area (Å²) < 4.78 is 11.6. The third-order valence-corrected chi connectivity index (χ3v) is 5.13. The number of carboxylic acids is 2. The van der Waals surface area contributed by atoms with E-state index in [2.05, 4.69) is 10.6 Å². The SMILES string of the molecule is CCCC(C(=O)O)(C1NCCCO1)C(CCC(=O)O)C1NCCCO1. The number of rotatable bonds is 9. The highest BCUT2D eigenvalue weighted by Crippen LogP contribution is 2.43. The Balaban J connectivity index is 2.37. The molecule has 25 heavy (non-hydrogen) atoms. The maximum absolute atomic E-state index is 12.5. The molecule has 0 aromatic carbocycles. The molecule has 4 unspecified atom stereocenters. The Labute approximate surface area is 148 Å². The van der Waals surface area contributed by atoms with E-state index in [0.29, 0.717) is 32.6 Å². The van der Waals surface area contributed by atoms with Crippen molar-refractivity contribution in [3.05, 3.63) is 0 Å². The molecule has 8 heteroatoms. The van der Waals surface area contributed by atoms with Crippen LogP contribution in [0.4, 0.5) is 0 Å². The standard InChI is InChI=1S/C17H30N2O6/c1-2-7-17(16(22)23,15-19-9-4-11-25-15)12(5-6-13(20)21)14-18-8-3-10-24-14/h12,14-15,18-19H,2-11H2,1H3,(H,20,21)(H,22,23). The van der Waals surface area contributed by atoms with Crippen molar-refractivity contribution in [3.63, 3.8) is 0 Å². The van der Waals surface area contributed by atoms with Crippen LogP contribution in [0.5, 0.6) is 0 Å². The van der Waals surface area contributed by atoms with E-state index in [1.807, 2.05) is 6.92 Å². The van der Waals surface area contributed by atoms with Crippen LogP contribution in [0.2, 0.25) is 0 Å². The molecule has 2 aliphatic rings. The molecule has 0 saturated carbocycles. The van der Waals surface area contributed by atoms with Crippen LogP contribution in [-0.2, 0) is 19.1 Å². The van der Waals surface area contributed by atoms with Crippen LogP contribution in [0, 0.1) is 11.3 Å².